The zero-order chi connectivity index (χ0) is 18.8. The van der Waals surface area contributed by atoms with E-state index in [1.165, 1.54) is 5.56 Å². The summed E-state index contributed by atoms with van der Waals surface area (Å²) in [6.45, 7) is 4.68. The van der Waals surface area contributed by atoms with Gasteiger partial charge in [0.2, 0.25) is 0 Å². The number of hydrogen-bond acceptors (Lipinski definition) is 4. The number of aryl methyl sites for hydroxylation is 2. The lowest BCUT2D eigenvalue weighted by molar-refractivity contribution is 0.593. The second-order valence-electron chi connectivity index (χ2n) is 6.63. The van der Waals surface area contributed by atoms with Crippen molar-refractivity contribution in [2.75, 3.05) is 25.9 Å². The minimum absolute atomic E-state index is 0.183. The van der Waals surface area contributed by atoms with Gasteiger partial charge < -0.3 is 10.6 Å². The SMILES string of the molecule is CNCCCNCc1ccc(S(=O)(=O)CCCc2ccccc2)cc1C. The fraction of sp³-hybridized carbons (Fsp3) is 0.429. The highest BCUT2D eigenvalue weighted by molar-refractivity contribution is 7.91. The molecule has 0 fully saturated rings. The third-order valence-corrected chi connectivity index (χ3v) is 6.29. The molecule has 0 radical (unpaired) electrons. The molecule has 0 saturated carbocycles. The van der Waals surface area contributed by atoms with Crippen LogP contribution in [0.25, 0.3) is 0 Å². The minimum atomic E-state index is -3.23. The summed E-state index contributed by atoms with van der Waals surface area (Å²) >= 11 is 0. The molecule has 0 atom stereocenters. The van der Waals surface area contributed by atoms with E-state index in [1.54, 1.807) is 6.07 Å². The van der Waals surface area contributed by atoms with Crippen LogP contribution in [0.4, 0.5) is 0 Å². The summed E-state index contributed by atoms with van der Waals surface area (Å²) < 4.78 is 25.2. The van der Waals surface area contributed by atoms with Crippen LogP contribution < -0.4 is 10.6 Å². The molecule has 0 bridgehead atoms. The number of sulfone groups is 1. The maximum absolute atomic E-state index is 12.6. The van der Waals surface area contributed by atoms with Gasteiger partial charge in [-0.1, -0.05) is 36.4 Å². The van der Waals surface area contributed by atoms with E-state index in [2.05, 4.69) is 10.6 Å². The molecule has 4 nitrogen and oxygen atoms in total. The molecule has 0 amide bonds. The summed E-state index contributed by atoms with van der Waals surface area (Å²) in [6, 6.07) is 15.5. The largest absolute Gasteiger partial charge is 0.320 e. The molecule has 0 unspecified atom stereocenters. The Balaban J connectivity index is 1.89. The van der Waals surface area contributed by atoms with Gasteiger partial charge in [0.15, 0.2) is 9.84 Å². The van der Waals surface area contributed by atoms with Gasteiger partial charge in [0, 0.05) is 6.54 Å². The standard InChI is InChI=1S/C21H30N2O2S/c1-18-16-21(12-11-20(18)17-23-14-7-13-22-2)26(24,25)15-6-10-19-8-4-3-5-9-19/h3-5,8-9,11-12,16,22-23H,6-7,10,13-15,17H2,1-2H3. The van der Waals surface area contributed by atoms with Crippen molar-refractivity contribution < 1.29 is 8.42 Å². The molecule has 2 aromatic carbocycles. The lowest BCUT2D eigenvalue weighted by Crippen LogP contribution is -2.20. The highest BCUT2D eigenvalue weighted by atomic mass is 32.2. The molecule has 26 heavy (non-hydrogen) atoms. The Morgan fingerprint density at radius 2 is 1.73 bits per heavy atom. The zero-order valence-electron chi connectivity index (χ0n) is 15.8. The van der Waals surface area contributed by atoms with Crippen LogP contribution in [0, 0.1) is 6.92 Å². The van der Waals surface area contributed by atoms with Crippen LogP contribution in [0.15, 0.2) is 53.4 Å². The van der Waals surface area contributed by atoms with E-state index in [9.17, 15) is 8.42 Å². The highest BCUT2D eigenvalue weighted by Gasteiger charge is 2.15. The maximum atomic E-state index is 12.6. The first kappa shape index (κ1) is 20.6. The molecule has 2 rings (SSSR count). The summed E-state index contributed by atoms with van der Waals surface area (Å²) in [6.07, 6.45) is 2.50. The van der Waals surface area contributed by atoms with Crippen LogP contribution >= 0.6 is 0 Å². The molecule has 0 saturated heterocycles. The zero-order valence-corrected chi connectivity index (χ0v) is 16.6. The Hall–Kier alpha value is -1.69. The first-order valence-electron chi connectivity index (χ1n) is 9.24. The van der Waals surface area contributed by atoms with E-state index in [4.69, 9.17) is 0 Å². The van der Waals surface area contributed by atoms with Crippen molar-refractivity contribution in [1.29, 1.82) is 0 Å². The Kier molecular flexibility index (Phi) is 8.29. The van der Waals surface area contributed by atoms with Crippen molar-refractivity contribution >= 4 is 9.84 Å². The molecule has 0 aliphatic carbocycles. The lowest BCUT2D eigenvalue weighted by Gasteiger charge is -2.11. The van der Waals surface area contributed by atoms with Crippen molar-refractivity contribution in [3.8, 4) is 0 Å². The number of benzene rings is 2. The van der Waals surface area contributed by atoms with Gasteiger partial charge in [0.25, 0.3) is 0 Å². The third-order valence-electron chi connectivity index (χ3n) is 4.49. The van der Waals surface area contributed by atoms with Crippen LogP contribution in [0.1, 0.15) is 29.5 Å². The molecule has 0 aliphatic rings. The summed E-state index contributed by atoms with van der Waals surface area (Å²) in [5.41, 5.74) is 3.35. The van der Waals surface area contributed by atoms with Crippen molar-refractivity contribution in [2.45, 2.75) is 37.6 Å². The Bertz CT molecular complexity index is 774. The van der Waals surface area contributed by atoms with Gasteiger partial charge in [-0.05, 0) is 75.1 Å². The molecule has 0 aromatic heterocycles. The van der Waals surface area contributed by atoms with Crippen LogP contribution in [0.2, 0.25) is 0 Å². The quantitative estimate of drug-likeness (QED) is 0.594. The smallest absolute Gasteiger partial charge is 0.178 e. The van der Waals surface area contributed by atoms with E-state index in [1.807, 2.05) is 56.4 Å². The first-order chi connectivity index (χ1) is 12.5. The first-order valence-corrected chi connectivity index (χ1v) is 10.9. The van der Waals surface area contributed by atoms with Crippen molar-refractivity contribution in [1.82, 2.24) is 10.6 Å². The van der Waals surface area contributed by atoms with Crippen LogP contribution in [-0.2, 0) is 22.8 Å². The second-order valence-corrected chi connectivity index (χ2v) is 8.74. The van der Waals surface area contributed by atoms with Gasteiger partial charge >= 0.3 is 0 Å². The Morgan fingerprint density at radius 3 is 2.42 bits per heavy atom. The number of nitrogens with one attached hydrogen (secondary N) is 2. The summed E-state index contributed by atoms with van der Waals surface area (Å²) in [7, 11) is -1.28. The molecule has 0 aliphatic heterocycles. The van der Waals surface area contributed by atoms with Crippen molar-refractivity contribution in [3.63, 3.8) is 0 Å². The highest BCUT2D eigenvalue weighted by Crippen LogP contribution is 2.18. The predicted molar refractivity (Wildman–Crippen MR) is 108 cm³/mol. The molecule has 2 N–H and O–H groups in total. The van der Waals surface area contributed by atoms with Gasteiger partial charge in [-0.25, -0.2) is 8.42 Å². The molecule has 0 heterocycles. The topological polar surface area (TPSA) is 58.2 Å². The summed E-state index contributed by atoms with van der Waals surface area (Å²) in [4.78, 5) is 0.432. The molecule has 0 spiro atoms. The van der Waals surface area contributed by atoms with Gasteiger partial charge in [-0.2, -0.15) is 0 Å². The van der Waals surface area contributed by atoms with Gasteiger partial charge in [-0.15, -0.1) is 0 Å². The van der Waals surface area contributed by atoms with E-state index >= 15 is 0 Å². The van der Waals surface area contributed by atoms with Crippen LogP contribution in [-0.4, -0.2) is 34.3 Å². The summed E-state index contributed by atoms with van der Waals surface area (Å²) in [5, 5.41) is 6.52. The van der Waals surface area contributed by atoms with Gasteiger partial charge in [-0.3, -0.25) is 0 Å². The molecule has 142 valence electrons. The molecule has 5 heteroatoms. The van der Waals surface area contributed by atoms with Gasteiger partial charge in [0.1, 0.15) is 0 Å². The predicted octanol–water partition coefficient (Wildman–Crippen LogP) is 3.10. The lowest BCUT2D eigenvalue weighted by atomic mass is 10.1. The Morgan fingerprint density at radius 1 is 0.962 bits per heavy atom. The van der Waals surface area contributed by atoms with Crippen molar-refractivity contribution in [3.05, 3.63) is 65.2 Å². The van der Waals surface area contributed by atoms with E-state index < -0.39 is 9.84 Å². The number of rotatable bonds is 11. The third kappa shape index (κ3) is 6.56. The monoisotopic (exact) mass is 374 g/mol. The van der Waals surface area contributed by atoms with E-state index in [-0.39, 0.29) is 5.75 Å². The van der Waals surface area contributed by atoms with Crippen LogP contribution in [0.3, 0.4) is 0 Å². The van der Waals surface area contributed by atoms with E-state index in [0.29, 0.717) is 11.3 Å². The molecular formula is C21H30N2O2S. The second kappa shape index (κ2) is 10.5. The average Bonchev–Trinajstić information content (AvgIpc) is 2.63. The summed E-state index contributed by atoms with van der Waals surface area (Å²) in [5.74, 6) is 0.183. The molecular weight excluding hydrogens is 344 g/mol. The fourth-order valence-electron chi connectivity index (χ4n) is 2.90. The van der Waals surface area contributed by atoms with Crippen LogP contribution in [0.5, 0.6) is 0 Å². The molecule has 2 aromatic rings. The fourth-order valence-corrected chi connectivity index (χ4v) is 4.29. The Labute approximate surface area is 157 Å². The minimum Gasteiger partial charge on any atom is -0.320 e. The maximum Gasteiger partial charge on any atom is 0.178 e. The normalized spacial score (nSPS) is 11.6. The van der Waals surface area contributed by atoms with Crippen molar-refractivity contribution in [2.24, 2.45) is 0 Å². The average molecular weight is 375 g/mol. The van der Waals surface area contributed by atoms with E-state index in [0.717, 1.165) is 43.6 Å². The van der Waals surface area contributed by atoms with Gasteiger partial charge in [0.05, 0.1) is 10.6 Å². The number of hydrogen-bond donors (Lipinski definition) is 2.